The maximum absolute atomic E-state index is 12.1. The van der Waals surface area contributed by atoms with Gasteiger partial charge in [-0.2, -0.15) is 0 Å². The molecule has 1 aliphatic rings. The molecule has 0 spiro atoms. The fourth-order valence-corrected chi connectivity index (χ4v) is 1.09. The molecule has 5 N–H and O–H groups in total. The SMILES string of the molecule is NC1C(O)[C@@H](O)C(CF)O[C@@H]1O. The minimum absolute atomic E-state index is 0.970. The van der Waals surface area contributed by atoms with Crippen LogP contribution in [0.1, 0.15) is 0 Å². The fraction of sp³-hybridized carbons (Fsp3) is 1.00. The Kier molecular flexibility index (Phi) is 2.97. The van der Waals surface area contributed by atoms with Gasteiger partial charge < -0.3 is 25.8 Å². The first-order valence-electron chi connectivity index (χ1n) is 3.59. The van der Waals surface area contributed by atoms with Crippen molar-refractivity contribution in [1.82, 2.24) is 0 Å². The van der Waals surface area contributed by atoms with E-state index in [1.54, 1.807) is 0 Å². The van der Waals surface area contributed by atoms with Crippen LogP contribution in [0, 0.1) is 0 Å². The molecule has 0 aliphatic carbocycles. The Morgan fingerprint density at radius 2 is 1.83 bits per heavy atom. The highest BCUT2D eigenvalue weighted by Crippen LogP contribution is 2.18. The van der Waals surface area contributed by atoms with E-state index in [2.05, 4.69) is 4.74 Å². The zero-order valence-electron chi connectivity index (χ0n) is 6.30. The van der Waals surface area contributed by atoms with E-state index in [1.807, 2.05) is 0 Å². The highest BCUT2D eigenvalue weighted by molar-refractivity contribution is 4.90. The first kappa shape index (κ1) is 9.82. The number of nitrogens with two attached hydrogens (primary N) is 1. The molecule has 1 aliphatic heterocycles. The van der Waals surface area contributed by atoms with Crippen LogP contribution in [-0.4, -0.2) is 52.6 Å². The van der Waals surface area contributed by atoms with Crippen molar-refractivity contribution in [2.45, 2.75) is 30.6 Å². The third-order valence-electron chi connectivity index (χ3n) is 1.92. The lowest BCUT2D eigenvalue weighted by molar-refractivity contribution is -0.244. The van der Waals surface area contributed by atoms with Crippen LogP contribution >= 0.6 is 0 Å². The molecule has 12 heavy (non-hydrogen) atoms. The summed E-state index contributed by atoms with van der Waals surface area (Å²) in [6.45, 7) is -0.970. The Bertz CT molecular complexity index is 154. The molecule has 6 heteroatoms. The van der Waals surface area contributed by atoms with Gasteiger partial charge in [0.2, 0.25) is 0 Å². The number of halogens is 1. The molecule has 0 radical (unpaired) electrons. The number of rotatable bonds is 1. The van der Waals surface area contributed by atoms with Crippen LogP contribution in [0.25, 0.3) is 0 Å². The molecule has 1 rings (SSSR count). The molecule has 1 saturated heterocycles. The summed E-state index contributed by atoms with van der Waals surface area (Å²) < 4.78 is 16.6. The van der Waals surface area contributed by atoms with E-state index in [-0.39, 0.29) is 0 Å². The van der Waals surface area contributed by atoms with E-state index in [9.17, 15) is 4.39 Å². The van der Waals surface area contributed by atoms with Crippen molar-refractivity contribution >= 4 is 0 Å². The number of aliphatic hydroxyl groups excluding tert-OH is 3. The summed E-state index contributed by atoms with van der Waals surface area (Å²) >= 11 is 0. The van der Waals surface area contributed by atoms with Gasteiger partial charge in [0.15, 0.2) is 6.29 Å². The number of ether oxygens (including phenoxy) is 1. The topological polar surface area (TPSA) is 95.9 Å². The molecule has 0 aromatic heterocycles. The number of hydrogen-bond donors (Lipinski definition) is 4. The van der Waals surface area contributed by atoms with Gasteiger partial charge >= 0.3 is 0 Å². The number of alkyl halides is 1. The van der Waals surface area contributed by atoms with Crippen molar-refractivity contribution in [3.8, 4) is 0 Å². The van der Waals surface area contributed by atoms with Crippen LogP contribution in [0.2, 0.25) is 0 Å². The molecule has 5 atom stereocenters. The minimum atomic E-state index is -1.43. The Morgan fingerprint density at radius 1 is 1.25 bits per heavy atom. The van der Waals surface area contributed by atoms with Gasteiger partial charge in [-0.1, -0.05) is 0 Å². The van der Waals surface area contributed by atoms with Crippen molar-refractivity contribution in [2.24, 2.45) is 5.73 Å². The van der Waals surface area contributed by atoms with E-state index in [4.69, 9.17) is 21.1 Å². The third-order valence-corrected chi connectivity index (χ3v) is 1.92. The van der Waals surface area contributed by atoms with Crippen molar-refractivity contribution in [3.05, 3.63) is 0 Å². The Labute approximate surface area is 68.6 Å². The molecule has 0 bridgehead atoms. The van der Waals surface area contributed by atoms with Gasteiger partial charge in [0, 0.05) is 0 Å². The fourth-order valence-electron chi connectivity index (χ4n) is 1.09. The van der Waals surface area contributed by atoms with Gasteiger partial charge in [-0.25, -0.2) is 4.39 Å². The molecule has 72 valence electrons. The summed E-state index contributed by atoms with van der Waals surface area (Å²) in [5.41, 5.74) is 5.22. The molecule has 3 unspecified atom stereocenters. The van der Waals surface area contributed by atoms with Crippen LogP contribution in [-0.2, 0) is 4.74 Å². The summed E-state index contributed by atoms with van der Waals surface area (Å²) in [5, 5.41) is 27.2. The molecule has 1 heterocycles. The zero-order valence-corrected chi connectivity index (χ0v) is 6.30. The molecular weight excluding hydrogens is 169 g/mol. The second-order valence-electron chi connectivity index (χ2n) is 2.78. The Morgan fingerprint density at radius 3 is 2.33 bits per heavy atom. The van der Waals surface area contributed by atoms with Gasteiger partial charge in [-0.05, 0) is 0 Å². The highest BCUT2D eigenvalue weighted by atomic mass is 19.1. The van der Waals surface area contributed by atoms with Crippen LogP contribution < -0.4 is 5.73 Å². The smallest absolute Gasteiger partial charge is 0.173 e. The van der Waals surface area contributed by atoms with Crippen molar-refractivity contribution < 1.29 is 24.4 Å². The van der Waals surface area contributed by atoms with Crippen LogP contribution in [0.3, 0.4) is 0 Å². The van der Waals surface area contributed by atoms with Gasteiger partial charge in [-0.3, -0.25) is 0 Å². The number of aliphatic hydroxyl groups is 3. The average molecular weight is 181 g/mol. The molecule has 0 amide bonds. The van der Waals surface area contributed by atoms with E-state index in [1.165, 1.54) is 0 Å². The van der Waals surface area contributed by atoms with Crippen molar-refractivity contribution in [2.75, 3.05) is 6.67 Å². The normalized spacial score (nSPS) is 49.2. The van der Waals surface area contributed by atoms with E-state index in [0.29, 0.717) is 0 Å². The Hall–Kier alpha value is -0.270. The lowest BCUT2D eigenvalue weighted by atomic mass is 9.98. The quantitative estimate of drug-likeness (QED) is 0.365. The summed E-state index contributed by atoms with van der Waals surface area (Å²) in [4.78, 5) is 0. The van der Waals surface area contributed by atoms with Crippen LogP contribution in [0.15, 0.2) is 0 Å². The molecule has 0 aromatic rings. The third kappa shape index (κ3) is 1.57. The van der Waals surface area contributed by atoms with Gasteiger partial charge in [0.05, 0.1) is 6.04 Å². The largest absolute Gasteiger partial charge is 0.388 e. The lowest BCUT2D eigenvalue weighted by Crippen LogP contribution is -2.61. The van der Waals surface area contributed by atoms with E-state index in [0.717, 1.165) is 0 Å². The molecule has 0 aromatic carbocycles. The first-order valence-corrected chi connectivity index (χ1v) is 3.59. The second kappa shape index (κ2) is 3.63. The second-order valence-corrected chi connectivity index (χ2v) is 2.78. The number of hydrogen-bond acceptors (Lipinski definition) is 5. The van der Waals surface area contributed by atoms with Gasteiger partial charge in [0.25, 0.3) is 0 Å². The summed E-state index contributed by atoms with van der Waals surface area (Å²) in [7, 11) is 0. The first-order chi connectivity index (χ1) is 5.57. The van der Waals surface area contributed by atoms with Crippen LogP contribution in [0.5, 0.6) is 0 Å². The summed E-state index contributed by atoms with van der Waals surface area (Å²) in [6, 6.07) is -1.09. The van der Waals surface area contributed by atoms with E-state index >= 15 is 0 Å². The van der Waals surface area contributed by atoms with Crippen molar-refractivity contribution in [1.29, 1.82) is 0 Å². The predicted octanol–water partition coefficient (Wildman–Crippen LogP) is -2.28. The Balaban J connectivity index is 2.63. The molecule has 1 fully saturated rings. The summed E-state index contributed by atoms with van der Waals surface area (Å²) in [5.74, 6) is 0. The van der Waals surface area contributed by atoms with Gasteiger partial charge in [-0.15, -0.1) is 0 Å². The molecule has 0 saturated carbocycles. The standard InChI is InChI=1S/C6H12FNO4/c7-1-2-4(9)5(10)3(8)6(11)12-2/h2-6,9-11H,1,8H2/t2?,3?,4-,5?,6-/m0/s1. The monoisotopic (exact) mass is 181 g/mol. The minimum Gasteiger partial charge on any atom is -0.388 e. The van der Waals surface area contributed by atoms with Crippen LogP contribution in [0.4, 0.5) is 4.39 Å². The molecular formula is C6H12FNO4. The maximum Gasteiger partial charge on any atom is 0.173 e. The maximum atomic E-state index is 12.1. The lowest BCUT2D eigenvalue weighted by Gasteiger charge is -2.37. The van der Waals surface area contributed by atoms with Gasteiger partial charge in [0.1, 0.15) is 25.0 Å². The van der Waals surface area contributed by atoms with Crippen molar-refractivity contribution in [3.63, 3.8) is 0 Å². The highest BCUT2D eigenvalue weighted by Gasteiger charge is 2.41. The summed E-state index contributed by atoms with van der Waals surface area (Å²) in [6.07, 6.45) is -5.36. The average Bonchev–Trinajstić information content (AvgIpc) is 2.08. The predicted molar refractivity (Wildman–Crippen MR) is 36.8 cm³/mol. The molecule has 5 nitrogen and oxygen atoms in total. The zero-order chi connectivity index (χ0) is 9.30. The van der Waals surface area contributed by atoms with E-state index < -0.39 is 37.3 Å².